The SMILES string of the molecule is CC(C)(C)OC(=O)n1cc(-c2ccc(N)cc2)cn1.Nc1ccnnc1.O=C(Nc1ccnnc1)c1cc2ccc(Br)cc2[nH]1.O=C(Nc1ccnnc1)c1cc2ccc(Nc3ccc(-c4cn[nH]c4)cc3)cc2[nH]1.O=C(O)c1cc2ccc(Br)cc2[nH]1. The number of amides is 2. The molecule has 8 aromatic heterocycles. The van der Waals surface area contributed by atoms with Crippen molar-refractivity contribution in [2.75, 3.05) is 27.4 Å². The molecule has 0 aliphatic heterocycles. The van der Waals surface area contributed by atoms with Gasteiger partial charge in [-0.05, 0) is 129 Å². The minimum Gasteiger partial charge on any atom is -0.477 e. The number of nitrogens with one attached hydrogen (secondary N) is 7. The van der Waals surface area contributed by atoms with E-state index in [-0.39, 0.29) is 17.5 Å². The molecule has 0 unspecified atom stereocenters. The largest absolute Gasteiger partial charge is 0.477 e. The summed E-state index contributed by atoms with van der Waals surface area (Å²) < 4.78 is 8.32. The Morgan fingerprint density at radius 2 is 1.01 bits per heavy atom. The summed E-state index contributed by atoms with van der Waals surface area (Å²) in [7, 11) is 0. The van der Waals surface area contributed by atoms with Gasteiger partial charge >= 0.3 is 12.1 Å². The second kappa shape index (κ2) is 28.5. The highest BCUT2D eigenvalue weighted by Gasteiger charge is 2.19. The quantitative estimate of drug-likeness (QED) is 0.0600. The number of aromatic nitrogens is 13. The molecular weight excluding hydrogens is 1250 g/mol. The molecule has 0 saturated carbocycles. The smallest absolute Gasteiger partial charge is 0.435 e. The van der Waals surface area contributed by atoms with Crippen LogP contribution in [-0.2, 0) is 4.74 Å². The maximum absolute atomic E-state index is 12.5. The fourth-order valence-electron chi connectivity index (χ4n) is 8.07. The molecule has 0 fully saturated rings. The average Bonchev–Trinajstić information content (AvgIpc) is 4.49. The molecular formula is C62H54Br2N18O6. The van der Waals surface area contributed by atoms with Crippen LogP contribution in [0, 0.1) is 0 Å². The topological polar surface area (TPSA) is 357 Å². The number of nitrogen functional groups attached to an aromatic ring is 2. The van der Waals surface area contributed by atoms with Crippen LogP contribution in [0.1, 0.15) is 52.2 Å². The molecule has 0 aliphatic carbocycles. The molecule has 0 saturated heterocycles. The number of hydrogen-bond acceptors (Lipinski definition) is 16. The summed E-state index contributed by atoms with van der Waals surface area (Å²) in [5.74, 6) is -1.38. The molecule has 2 amide bonds. The van der Waals surface area contributed by atoms with E-state index < -0.39 is 17.7 Å². The van der Waals surface area contributed by atoms with Gasteiger partial charge < -0.3 is 52.2 Å². The molecule has 8 heterocycles. The highest BCUT2D eigenvalue weighted by molar-refractivity contribution is 9.10. The first-order valence-corrected chi connectivity index (χ1v) is 28.1. The van der Waals surface area contributed by atoms with Crippen LogP contribution >= 0.6 is 31.9 Å². The number of nitrogens with two attached hydrogens (primary N) is 2. The van der Waals surface area contributed by atoms with Crippen LogP contribution in [0.2, 0.25) is 0 Å². The van der Waals surface area contributed by atoms with E-state index in [1.165, 1.54) is 35.7 Å². The predicted octanol–water partition coefficient (Wildman–Crippen LogP) is 12.9. The van der Waals surface area contributed by atoms with Crippen LogP contribution in [-0.4, -0.2) is 100 Å². The van der Waals surface area contributed by atoms with Crippen molar-refractivity contribution in [3.63, 3.8) is 0 Å². The average molecular weight is 1310 g/mol. The Hall–Kier alpha value is -11.4. The van der Waals surface area contributed by atoms with Gasteiger partial charge in [-0.15, -0.1) is 0 Å². The van der Waals surface area contributed by atoms with Crippen molar-refractivity contribution >= 4 is 123 Å². The maximum Gasteiger partial charge on any atom is 0.435 e. The lowest BCUT2D eigenvalue weighted by atomic mass is 10.1. The number of benzene rings is 5. The zero-order chi connectivity index (χ0) is 62.2. The molecule has 12 N–H and O–H groups in total. The lowest BCUT2D eigenvalue weighted by molar-refractivity contribution is 0.0513. The first-order valence-electron chi connectivity index (χ1n) is 26.5. The molecule has 0 aliphatic rings. The summed E-state index contributed by atoms with van der Waals surface area (Å²) in [4.78, 5) is 56.0. The van der Waals surface area contributed by atoms with Gasteiger partial charge in [0.2, 0.25) is 0 Å². The van der Waals surface area contributed by atoms with Crippen molar-refractivity contribution in [1.82, 2.24) is 65.5 Å². The second-order valence-electron chi connectivity index (χ2n) is 19.9. The van der Waals surface area contributed by atoms with Crippen molar-refractivity contribution in [3.8, 4) is 22.3 Å². The van der Waals surface area contributed by atoms with Gasteiger partial charge in [-0.25, -0.2) is 9.59 Å². The van der Waals surface area contributed by atoms with Gasteiger partial charge in [0, 0.05) is 82.2 Å². The van der Waals surface area contributed by atoms with E-state index in [4.69, 9.17) is 21.3 Å². The lowest BCUT2D eigenvalue weighted by Crippen LogP contribution is -2.27. The van der Waals surface area contributed by atoms with Crippen LogP contribution in [0.25, 0.3) is 55.0 Å². The van der Waals surface area contributed by atoms with Gasteiger partial charge in [0.25, 0.3) is 11.8 Å². The summed E-state index contributed by atoms with van der Waals surface area (Å²) in [5, 5.41) is 53.1. The minimum absolute atomic E-state index is 0.208. The second-order valence-corrected chi connectivity index (χ2v) is 21.8. The number of halogens is 2. The summed E-state index contributed by atoms with van der Waals surface area (Å²) in [6.07, 6.45) is 15.5. The molecule has 0 spiro atoms. The fourth-order valence-corrected chi connectivity index (χ4v) is 8.79. The molecule has 0 atom stereocenters. The van der Waals surface area contributed by atoms with Crippen LogP contribution in [0.5, 0.6) is 0 Å². The Labute approximate surface area is 517 Å². The summed E-state index contributed by atoms with van der Waals surface area (Å²) in [5.41, 5.74) is 22.5. The molecule has 13 rings (SSSR count). The highest BCUT2D eigenvalue weighted by atomic mass is 79.9. The van der Waals surface area contributed by atoms with Gasteiger partial charge in [-0.1, -0.05) is 74.3 Å². The van der Waals surface area contributed by atoms with E-state index in [1.807, 2.05) is 130 Å². The van der Waals surface area contributed by atoms with Gasteiger partial charge in [-0.3, -0.25) is 14.7 Å². The van der Waals surface area contributed by atoms with E-state index in [1.54, 1.807) is 61.2 Å². The van der Waals surface area contributed by atoms with E-state index in [0.29, 0.717) is 34.1 Å². The van der Waals surface area contributed by atoms with E-state index in [0.717, 1.165) is 75.3 Å². The number of H-pyrrole nitrogens is 4. The number of carbonyl (C=O) groups excluding carboxylic acids is 3. The zero-order valence-corrected chi connectivity index (χ0v) is 50.1. The standard InChI is InChI=1S/C22H17N7O.C14H17N3O2.C13H9BrN4O.C9H6BrNO2.C4H5N3/c30-22(28-19-7-8-23-26-13-19)21-9-15-3-6-18(10-20(15)29-21)27-17-4-1-14(2-5-17)16-11-24-25-12-16;1-14(2,3)19-13(18)17-9-11(8-16-17)10-4-6-12(15)7-5-10;14-9-2-1-8-5-12(18-11(8)6-9)13(19)17-10-3-4-15-16-7-10;10-6-2-1-5-3-8(9(12)13)11-7(5)4-6;5-4-1-2-6-7-3-4/h1-13,27,29H,(H,24,25)(H,23,28,30);4-9H,15H2,1-3H3;1-7,18H,(H,15,17,19);1-4,11H,(H,12,13);1-3H,(H2,5,6). The van der Waals surface area contributed by atoms with Crippen LogP contribution in [0.4, 0.5) is 38.9 Å². The Bertz CT molecular complexity index is 4460. The third kappa shape index (κ3) is 17.4. The molecule has 0 radical (unpaired) electrons. The van der Waals surface area contributed by atoms with Crippen LogP contribution in [0.3, 0.4) is 0 Å². The maximum atomic E-state index is 12.5. The van der Waals surface area contributed by atoms with Crippen molar-refractivity contribution in [3.05, 3.63) is 228 Å². The van der Waals surface area contributed by atoms with Crippen molar-refractivity contribution in [2.24, 2.45) is 0 Å². The van der Waals surface area contributed by atoms with Gasteiger partial charge in [0.15, 0.2) is 0 Å². The van der Waals surface area contributed by atoms with Gasteiger partial charge in [0.05, 0.1) is 66.6 Å². The van der Waals surface area contributed by atoms with Gasteiger partial charge in [-0.2, -0.15) is 45.5 Å². The first kappa shape index (κ1) is 61.2. The number of nitrogens with zero attached hydrogens (tertiary/aromatic N) is 9. The predicted molar refractivity (Wildman–Crippen MR) is 345 cm³/mol. The normalized spacial score (nSPS) is 10.6. The molecule has 88 heavy (non-hydrogen) atoms. The van der Waals surface area contributed by atoms with Crippen molar-refractivity contribution in [2.45, 2.75) is 26.4 Å². The third-order valence-corrected chi connectivity index (χ3v) is 13.2. The number of ether oxygens (including phenoxy) is 1. The number of fused-ring (bicyclic) bond motifs is 3. The number of carboxylic acids is 1. The Morgan fingerprint density at radius 1 is 0.511 bits per heavy atom. The van der Waals surface area contributed by atoms with E-state index in [2.05, 4.69) is 109 Å². The molecule has 13 aromatic rings. The van der Waals surface area contributed by atoms with Crippen LogP contribution < -0.4 is 27.4 Å². The van der Waals surface area contributed by atoms with E-state index >= 15 is 0 Å². The molecule has 442 valence electrons. The summed E-state index contributed by atoms with van der Waals surface area (Å²) in [6, 6.07) is 43.1. The molecule has 0 bridgehead atoms. The Kier molecular flexibility index (Phi) is 19.8. The lowest BCUT2D eigenvalue weighted by Gasteiger charge is -2.18. The number of anilines is 6. The summed E-state index contributed by atoms with van der Waals surface area (Å²) in [6.45, 7) is 5.44. The monoisotopic (exact) mass is 1300 g/mol. The summed E-state index contributed by atoms with van der Waals surface area (Å²) >= 11 is 6.71. The first-order chi connectivity index (χ1) is 42.4. The number of hydrogen-bond donors (Lipinski definition) is 10. The van der Waals surface area contributed by atoms with Gasteiger partial charge in [0.1, 0.15) is 22.7 Å². The van der Waals surface area contributed by atoms with Crippen molar-refractivity contribution in [1.29, 1.82) is 0 Å². The van der Waals surface area contributed by atoms with Crippen molar-refractivity contribution < 1.29 is 29.0 Å². The number of aromatic carboxylic acids is 1. The minimum atomic E-state index is -0.938. The Morgan fingerprint density at radius 3 is 1.50 bits per heavy atom. The number of carbonyl (C=O) groups is 4. The fraction of sp³-hybridized carbons (Fsp3) is 0.0645. The van der Waals surface area contributed by atoms with Crippen LogP contribution in [0.15, 0.2) is 210 Å². The number of aromatic amines is 4. The Balaban J connectivity index is 0.000000140. The zero-order valence-electron chi connectivity index (χ0n) is 47.0. The van der Waals surface area contributed by atoms with E-state index in [9.17, 15) is 19.2 Å². The molecule has 5 aromatic carbocycles. The number of carboxylic acid groups (broad SMARTS) is 1. The molecule has 26 heteroatoms. The number of rotatable bonds is 9. The molecule has 24 nitrogen and oxygen atoms in total. The third-order valence-electron chi connectivity index (χ3n) is 12.2. The highest BCUT2D eigenvalue weighted by Crippen LogP contribution is 2.27.